The van der Waals surface area contributed by atoms with Crippen LogP contribution in [-0.2, 0) is 5.41 Å². The first kappa shape index (κ1) is 36.5. The van der Waals surface area contributed by atoms with Gasteiger partial charge in [0.25, 0.3) is 0 Å². The minimum Gasteiger partial charge on any atom is -0.455 e. The molecule has 0 saturated carbocycles. The average molecular weight is 819 g/mol. The van der Waals surface area contributed by atoms with Gasteiger partial charge in [0.2, 0.25) is 0 Å². The van der Waals surface area contributed by atoms with Crippen molar-refractivity contribution in [3.05, 3.63) is 230 Å². The van der Waals surface area contributed by atoms with Crippen LogP contribution in [0.3, 0.4) is 0 Å². The number of nitrogens with zero attached hydrogens (tertiary/aromatic N) is 2. The molecule has 2 heterocycles. The first-order valence-corrected chi connectivity index (χ1v) is 22.2. The number of fused-ring (bicyclic) bond motifs is 11. The monoisotopic (exact) mass is 818 g/mol. The number of aromatic nitrogens is 1. The van der Waals surface area contributed by atoms with Crippen LogP contribution in [0.4, 0.5) is 17.1 Å². The Hall–Kier alpha value is -8.14. The first-order chi connectivity index (χ1) is 31.5. The highest BCUT2D eigenvalue weighted by Gasteiger charge is 2.36. The van der Waals surface area contributed by atoms with Crippen molar-refractivity contribution in [3.63, 3.8) is 0 Å². The Balaban J connectivity index is 0.981. The van der Waals surface area contributed by atoms with Gasteiger partial charge in [0, 0.05) is 54.8 Å². The minimum atomic E-state index is -0.148. The van der Waals surface area contributed by atoms with Crippen molar-refractivity contribution in [3.8, 4) is 39.1 Å². The summed E-state index contributed by atoms with van der Waals surface area (Å²) in [4.78, 5) is 2.45. The van der Waals surface area contributed by atoms with Crippen molar-refractivity contribution >= 4 is 71.6 Å². The van der Waals surface area contributed by atoms with E-state index in [0.717, 1.165) is 66.8 Å². The Morgan fingerprint density at radius 3 is 1.81 bits per heavy atom. The minimum absolute atomic E-state index is 0.148. The predicted octanol–water partition coefficient (Wildman–Crippen LogP) is 16.9. The summed E-state index contributed by atoms with van der Waals surface area (Å²) >= 11 is 0. The van der Waals surface area contributed by atoms with Crippen LogP contribution >= 0.6 is 0 Å². The van der Waals surface area contributed by atoms with Crippen LogP contribution < -0.4 is 4.90 Å². The molecule has 2 aromatic heterocycles. The molecule has 0 radical (unpaired) electrons. The van der Waals surface area contributed by atoms with Gasteiger partial charge in [-0.05, 0) is 105 Å². The summed E-state index contributed by atoms with van der Waals surface area (Å²) < 4.78 is 8.99. The number of benzene rings is 10. The Morgan fingerprint density at radius 2 is 1.02 bits per heavy atom. The zero-order valence-electron chi connectivity index (χ0n) is 35.6. The molecule has 302 valence electrons. The summed E-state index contributed by atoms with van der Waals surface area (Å²) in [7, 11) is 0. The molecule has 0 unspecified atom stereocenters. The highest BCUT2D eigenvalue weighted by Crippen LogP contribution is 2.51. The largest absolute Gasteiger partial charge is 0.455 e. The van der Waals surface area contributed by atoms with Crippen molar-refractivity contribution < 1.29 is 4.42 Å². The van der Waals surface area contributed by atoms with E-state index in [2.05, 4.69) is 242 Å². The average Bonchev–Trinajstić information content (AvgIpc) is 3.97. The Kier molecular flexibility index (Phi) is 7.95. The predicted molar refractivity (Wildman–Crippen MR) is 269 cm³/mol. The van der Waals surface area contributed by atoms with Crippen LogP contribution in [0.1, 0.15) is 25.0 Å². The van der Waals surface area contributed by atoms with Crippen LogP contribution in [-0.4, -0.2) is 4.57 Å². The van der Waals surface area contributed by atoms with Crippen LogP contribution in [0.15, 0.2) is 223 Å². The van der Waals surface area contributed by atoms with E-state index in [-0.39, 0.29) is 5.41 Å². The third kappa shape index (κ3) is 5.41. The lowest BCUT2D eigenvalue weighted by atomic mass is 9.82. The van der Waals surface area contributed by atoms with Crippen molar-refractivity contribution in [2.75, 3.05) is 4.90 Å². The molecule has 10 aromatic carbocycles. The second-order valence-electron chi connectivity index (χ2n) is 17.7. The maximum absolute atomic E-state index is 6.57. The third-order valence-electron chi connectivity index (χ3n) is 13.8. The van der Waals surface area contributed by atoms with E-state index >= 15 is 0 Å². The molecule has 3 nitrogen and oxygen atoms in total. The van der Waals surface area contributed by atoms with E-state index < -0.39 is 0 Å². The molecule has 0 spiro atoms. The Morgan fingerprint density at radius 1 is 0.406 bits per heavy atom. The molecule has 0 N–H and O–H groups in total. The first-order valence-electron chi connectivity index (χ1n) is 22.2. The zero-order chi connectivity index (χ0) is 42.5. The van der Waals surface area contributed by atoms with E-state index in [1.165, 1.54) is 55.0 Å². The molecule has 3 heteroatoms. The van der Waals surface area contributed by atoms with Gasteiger partial charge in [-0.3, -0.25) is 0 Å². The lowest BCUT2D eigenvalue weighted by Gasteiger charge is -2.30. The number of para-hydroxylation sites is 4. The fourth-order valence-corrected chi connectivity index (χ4v) is 10.7. The molecule has 0 aliphatic heterocycles. The Labute approximate surface area is 371 Å². The molecule has 0 saturated heterocycles. The maximum atomic E-state index is 6.57. The second-order valence-corrected chi connectivity index (χ2v) is 17.7. The molecule has 1 aliphatic carbocycles. The van der Waals surface area contributed by atoms with Gasteiger partial charge < -0.3 is 13.9 Å². The third-order valence-corrected chi connectivity index (χ3v) is 13.8. The summed E-state index contributed by atoms with van der Waals surface area (Å²) in [6.45, 7) is 4.72. The SMILES string of the molecule is CC1(C)c2ccccc2-c2ccc(N(c3ccc(-c4ccccc4-n4c5ccccc5c5ccccc54)cc3)c3ccccc3-c3ccc4oc5c6ccccc6ccc5c4c3)cc21. The standard InChI is InChI=1S/C61H42N2O/c1-61(2)53-22-10-5-19-47(53)48-35-33-43(38-54(48)61)62(55-23-11-7-17-45(55)41-30-36-59-52(37-41)51-34-29-39-15-3-4-18-46(39)60(51)64-59)42-31-27-40(28-32-42)44-16-6-12-24-56(44)63-57-25-13-8-20-49(57)50-21-9-14-26-58(50)63/h3-38H,1-2H3. The molecule has 12 aromatic rings. The second kappa shape index (κ2) is 13.9. The molecular weight excluding hydrogens is 777 g/mol. The Bertz CT molecular complexity index is 3770. The molecule has 64 heavy (non-hydrogen) atoms. The summed E-state index contributed by atoms with van der Waals surface area (Å²) in [5.74, 6) is 0. The quantitative estimate of drug-likeness (QED) is 0.167. The van der Waals surface area contributed by atoms with Crippen molar-refractivity contribution in [2.45, 2.75) is 19.3 Å². The molecule has 0 amide bonds. The highest BCUT2D eigenvalue weighted by atomic mass is 16.3. The summed E-state index contributed by atoms with van der Waals surface area (Å²) in [6.07, 6.45) is 0. The molecule has 0 atom stereocenters. The van der Waals surface area contributed by atoms with E-state index in [0.29, 0.717) is 0 Å². The van der Waals surface area contributed by atoms with Gasteiger partial charge in [-0.1, -0.05) is 166 Å². The lowest BCUT2D eigenvalue weighted by Crippen LogP contribution is -2.16. The summed E-state index contributed by atoms with van der Waals surface area (Å²) in [6, 6.07) is 79.7. The topological polar surface area (TPSA) is 21.3 Å². The van der Waals surface area contributed by atoms with Gasteiger partial charge in [0.1, 0.15) is 11.2 Å². The van der Waals surface area contributed by atoms with Crippen LogP contribution in [0.25, 0.3) is 93.6 Å². The van der Waals surface area contributed by atoms with E-state index in [1.807, 2.05) is 0 Å². The van der Waals surface area contributed by atoms with Crippen molar-refractivity contribution in [1.82, 2.24) is 4.57 Å². The number of hydrogen-bond donors (Lipinski definition) is 0. The fraction of sp³-hybridized carbons (Fsp3) is 0.0492. The fourth-order valence-electron chi connectivity index (χ4n) is 10.7. The normalized spacial score (nSPS) is 13.0. The smallest absolute Gasteiger partial charge is 0.143 e. The van der Waals surface area contributed by atoms with Crippen molar-refractivity contribution in [1.29, 1.82) is 0 Å². The number of furan rings is 1. The summed E-state index contributed by atoms with van der Waals surface area (Å²) in [5, 5.41) is 7.06. The van der Waals surface area contributed by atoms with Gasteiger partial charge in [0.05, 0.1) is 22.4 Å². The highest BCUT2D eigenvalue weighted by molar-refractivity contribution is 6.16. The molecular formula is C61H42N2O. The van der Waals surface area contributed by atoms with E-state index in [9.17, 15) is 0 Å². The molecule has 13 rings (SSSR count). The lowest BCUT2D eigenvalue weighted by molar-refractivity contribution is 0.660. The maximum Gasteiger partial charge on any atom is 0.143 e. The van der Waals surface area contributed by atoms with Crippen LogP contribution in [0.5, 0.6) is 0 Å². The van der Waals surface area contributed by atoms with E-state index in [1.54, 1.807) is 0 Å². The number of hydrogen-bond acceptors (Lipinski definition) is 2. The van der Waals surface area contributed by atoms with Gasteiger partial charge in [-0.2, -0.15) is 0 Å². The molecule has 1 aliphatic rings. The van der Waals surface area contributed by atoms with Crippen molar-refractivity contribution in [2.24, 2.45) is 0 Å². The summed E-state index contributed by atoms with van der Waals surface area (Å²) in [5.41, 5.74) is 18.5. The van der Waals surface area contributed by atoms with Crippen LogP contribution in [0.2, 0.25) is 0 Å². The van der Waals surface area contributed by atoms with Gasteiger partial charge >= 0.3 is 0 Å². The molecule has 0 bridgehead atoms. The number of anilines is 3. The van der Waals surface area contributed by atoms with E-state index in [4.69, 9.17) is 4.42 Å². The zero-order valence-corrected chi connectivity index (χ0v) is 35.6. The van der Waals surface area contributed by atoms with Crippen LogP contribution in [0, 0.1) is 0 Å². The van der Waals surface area contributed by atoms with Gasteiger partial charge in [-0.15, -0.1) is 0 Å². The molecule has 0 fully saturated rings. The van der Waals surface area contributed by atoms with Gasteiger partial charge in [-0.25, -0.2) is 0 Å². The van der Waals surface area contributed by atoms with Gasteiger partial charge in [0.15, 0.2) is 0 Å². The number of rotatable bonds is 6.